The highest BCUT2D eigenvalue weighted by Crippen LogP contribution is 2.20. The van der Waals surface area contributed by atoms with Crippen molar-refractivity contribution in [2.45, 2.75) is 25.9 Å². The predicted molar refractivity (Wildman–Crippen MR) is 115 cm³/mol. The Morgan fingerprint density at radius 3 is 2.50 bits per heavy atom. The molecule has 0 unspecified atom stereocenters. The van der Waals surface area contributed by atoms with Crippen LogP contribution in [0.4, 0.5) is 11.4 Å². The van der Waals surface area contributed by atoms with Crippen molar-refractivity contribution >= 4 is 23.3 Å². The van der Waals surface area contributed by atoms with Gasteiger partial charge >= 0.3 is 5.97 Å². The molecule has 1 saturated heterocycles. The zero-order valence-electron chi connectivity index (χ0n) is 17.4. The average Bonchev–Trinajstić information content (AvgIpc) is 2.79. The van der Waals surface area contributed by atoms with Gasteiger partial charge in [0.15, 0.2) is 6.10 Å². The van der Waals surface area contributed by atoms with Gasteiger partial charge in [0.2, 0.25) is 0 Å². The van der Waals surface area contributed by atoms with E-state index in [-0.39, 0.29) is 12.3 Å². The Morgan fingerprint density at radius 2 is 1.80 bits per heavy atom. The molecule has 0 aromatic heterocycles. The monoisotopic (exact) mass is 412 g/mol. The second kappa shape index (κ2) is 10.6. The predicted octanol–water partition coefficient (Wildman–Crippen LogP) is 3.03. The number of hydrogen-bond donors (Lipinski definition) is 1. The Labute approximate surface area is 176 Å². The van der Waals surface area contributed by atoms with Crippen molar-refractivity contribution in [3.63, 3.8) is 0 Å². The van der Waals surface area contributed by atoms with Crippen LogP contribution in [0, 0.1) is 0 Å². The molecule has 2 aromatic rings. The van der Waals surface area contributed by atoms with Crippen molar-refractivity contribution in [1.82, 2.24) is 0 Å². The fourth-order valence-corrected chi connectivity index (χ4v) is 3.28. The number of esters is 1. The Kier molecular flexibility index (Phi) is 7.68. The van der Waals surface area contributed by atoms with Crippen LogP contribution in [0.3, 0.4) is 0 Å². The van der Waals surface area contributed by atoms with E-state index in [4.69, 9.17) is 14.2 Å². The van der Waals surface area contributed by atoms with Gasteiger partial charge < -0.3 is 24.4 Å². The lowest BCUT2D eigenvalue weighted by atomic mass is 10.1. The molecule has 7 nitrogen and oxygen atoms in total. The number of anilines is 2. The Morgan fingerprint density at radius 1 is 1.10 bits per heavy atom. The third kappa shape index (κ3) is 5.97. The highest BCUT2D eigenvalue weighted by atomic mass is 16.5. The van der Waals surface area contributed by atoms with Gasteiger partial charge in [0.25, 0.3) is 5.91 Å². The first kappa shape index (κ1) is 21.6. The minimum Gasteiger partial charge on any atom is -0.496 e. The zero-order valence-corrected chi connectivity index (χ0v) is 17.4. The fourth-order valence-electron chi connectivity index (χ4n) is 3.28. The van der Waals surface area contributed by atoms with E-state index in [9.17, 15) is 9.59 Å². The summed E-state index contributed by atoms with van der Waals surface area (Å²) in [6.45, 7) is 4.72. The number of aryl methyl sites for hydroxylation is 1. The topological polar surface area (TPSA) is 77.1 Å². The number of ether oxygens (including phenoxy) is 3. The summed E-state index contributed by atoms with van der Waals surface area (Å²) >= 11 is 0. The van der Waals surface area contributed by atoms with Crippen molar-refractivity contribution in [3.8, 4) is 5.75 Å². The van der Waals surface area contributed by atoms with E-state index in [1.54, 1.807) is 14.0 Å². The highest BCUT2D eigenvalue weighted by molar-refractivity contribution is 5.95. The van der Waals surface area contributed by atoms with E-state index >= 15 is 0 Å². The van der Waals surface area contributed by atoms with Crippen molar-refractivity contribution in [2.75, 3.05) is 43.6 Å². The van der Waals surface area contributed by atoms with Crippen LogP contribution in [0.15, 0.2) is 48.5 Å². The van der Waals surface area contributed by atoms with Gasteiger partial charge in [-0.2, -0.15) is 0 Å². The number of nitrogens with one attached hydrogen (secondary N) is 1. The van der Waals surface area contributed by atoms with E-state index < -0.39 is 12.1 Å². The molecule has 7 heteroatoms. The van der Waals surface area contributed by atoms with Gasteiger partial charge in [-0.15, -0.1) is 0 Å². The maximum Gasteiger partial charge on any atom is 0.306 e. The normalized spacial score (nSPS) is 14.7. The van der Waals surface area contributed by atoms with Gasteiger partial charge in [-0.3, -0.25) is 9.59 Å². The average molecular weight is 412 g/mol. The number of benzene rings is 2. The molecule has 3 rings (SSSR count). The first-order valence-electron chi connectivity index (χ1n) is 10.1. The molecule has 0 bridgehead atoms. The molecule has 0 radical (unpaired) electrons. The molecule has 0 saturated carbocycles. The number of carbonyl (C=O) groups excluding carboxylic acids is 2. The summed E-state index contributed by atoms with van der Waals surface area (Å²) in [6, 6.07) is 15.1. The molecule has 0 spiro atoms. The Hall–Kier alpha value is -3.06. The highest BCUT2D eigenvalue weighted by Gasteiger charge is 2.18. The molecule has 1 N–H and O–H groups in total. The van der Waals surface area contributed by atoms with Gasteiger partial charge in [-0.25, -0.2) is 0 Å². The van der Waals surface area contributed by atoms with E-state index in [1.165, 1.54) is 0 Å². The van der Waals surface area contributed by atoms with E-state index in [1.807, 2.05) is 48.5 Å². The number of hydrogen-bond acceptors (Lipinski definition) is 6. The van der Waals surface area contributed by atoms with Crippen LogP contribution in [-0.2, 0) is 25.5 Å². The number of methoxy groups -OCH3 is 1. The molecule has 2 aromatic carbocycles. The third-order valence-electron chi connectivity index (χ3n) is 4.98. The fraction of sp³-hybridized carbons (Fsp3) is 0.391. The molecule has 1 atom stereocenters. The molecular weight excluding hydrogens is 384 g/mol. The number of amides is 1. The van der Waals surface area contributed by atoms with E-state index in [0.717, 1.165) is 43.3 Å². The van der Waals surface area contributed by atoms with Crippen LogP contribution in [-0.4, -0.2) is 51.4 Å². The lowest BCUT2D eigenvalue weighted by molar-refractivity contribution is -0.153. The van der Waals surface area contributed by atoms with Crippen LogP contribution in [0.1, 0.15) is 18.9 Å². The first-order valence-corrected chi connectivity index (χ1v) is 10.1. The van der Waals surface area contributed by atoms with E-state index in [0.29, 0.717) is 12.1 Å². The van der Waals surface area contributed by atoms with Crippen LogP contribution >= 0.6 is 0 Å². The molecule has 0 aliphatic carbocycles. The lowest BCUT2D eigenvalue weighted by Gasteiger charge is -2.28. The molecule has 1 aliphatic rings. The van der Waals surface area contributed by atoms with Crippen molar-refractivity contribution in [1.29, 1.82) is 0 Å². The van der Waals surface area contributed by atoms with Crippen LogP contribution in [0.5, 0.6) is 5.75 Å². The van der Waals surface area contributed by atoms with Crippen LogP contribution in [0.25, 0.3) is 0 Å². The Balaban J connectivity index is 1.46. The lowest BCUT2D eigenvalue weighted by Crippen LogP contribution is -2.36. The smallest absolute Gasteiger partial charge is 0.306 e. The molecule has 160 valence electrons. The number of morpholine rings is 1. The second-order valence-corrected chi connectivity index (χ2v) is 7.08. The zero-order chi connectivity index (χ0) is 21.3. The maximum absolute atomic E-state index is 12.4. The second-order valence-electron chi connectivity index (χ2n) is 7.08. The molecule has 30 heavy (non-hydrogen) atoms. The van der Waals surface area contributed by atoms with Crippen LogP contribution < -0.4 is 15.0 Å². The SMILES string of the molecule is COc1ccccc1CCC(=O)O[C@H](C)C(=O)Nc1ccc(N2CCOCC2)cc1. The van der Waals surface area contributed by atoms with Crippen molar-refractivity contribution in [3.05, 3.63) is 54.1 Å². The quantitative estimate of drug-likeness (QED) is 0.672. The van der Waals surface area contributed by atoms with Crippen molar-refractivity contribution in [2.24, 2.45) is 0 Å². The molecule has 1 amide bonds. The summed E-state index contributed by atoms with van der Waals surface area (Å²) in [6.07, 6.45) is -0.221. The summed E-state index contributed by atoms with van der Waals surface area (Å²) in [7, 11) is 1.59. The largest absolute Gasteiger partial charge is 0.496 e. The van der Waals surface area contributed by atoms with Gasteiger partial charge in [0.1, 0.15) is 5.75 Å². The van der Waals surface area contributed by atoms with Gasteiger partial charge in [0, 0.05) is 30.9 Å². The summed E-state index contributed by atoms with van der Waals surface area (Å²) < 4.78 is 15.9. The Bertz CT molecular complexity index is 847. The summed E-state index contributed by atoms with van der Waals surface area (Å²) in [5.41, 5.74) is 2.68. The molecule has 1 heterocycles. The molecule has 1 fully saturated rings. The minimum atomic E-state index is -0.880. The number of para-hydroxylation sites is 1. The van der Waals surface area contributed by atoms with Gasteiger partial charge in [-0.05, 0) is 49.2 Å². The summed E-state index contributed by atoms with van der Waals surface area (Å²) in [4.78, 5) is 26.8. The van der Waals surface area contributed by atoms with Crippen molar-refractivity contribution < 1.29 is 23.8 Å². The van der Waals surface area contributed by atoms with Gasteiger partial charge in [-0.1, -0.05) is 18.2 Å². The standard InChI is InChI=1S/C23H28N2O5/c1-17(30-22(26)12-7-18-5-3-4-6-21(18)28-2)23(27)24-19-8-10-20(11-9-19)25-13-15-29-16-14-25/h3-6,8-11,17H,7,12-16H2,1-2H3,(H,24,27)/t17-/m1/s1. The number of rotatable bonds is 8. The molecule has 1 aliphatic heterocycles. The third-order valence-corrected chi connectivity index (χ3v) is 4.98. The van der Waals surface area contributed by atoms with E-state index in [2.05, 4.69) is 10.2 Å². The maximum atomic E-state index is 12.4. The first-order chi connectivity index (χ1) is 14.6. The number of nitrogens with zero attached hydrogens (tertiary/aromatic N) is 1. The summed E-state index contributed by atoms with van der Waals surface area (Å²) in [5.74, 6) is -0.0531. The van der Waals surface area contributed by atoms with Crippen LogP contribution in [0.2, 0.25) is 0 Å². The minimum absolute atomic E-state index is 0.173. The van der Waals surface area contributed by atoms with Gasteiger partial charge in [0.05, 0.1) is 20.3 Å². The summed E-state index contributed by atoms with van der Waals surface area (Å²) in [5, 5.41) is 2.79. The number of carbonyl (C=O) groups is 2. The molecular formula is C23H28N2O5.